The Bertz CT molecular complexity index is 411. The number of ether oxygens (including phenoxy) is 1. The largest absolute Gasteiger partial charge is 0.496 e. The van der Waals surface area contributed by atoms with Crippen molar-refractivity contribution in [2.45, 2.75) is 6.42 Å². The van der Waals surface area contributed by atoms with Gasteiger partial charge in [-0.15, -0.1) is 0 Å². The van der Waals surface area contributed by atoms with E-state index in [1.807, 2.05) is 0 Å². The fourth-order valence-corrected chi connectivity index (χ4v) is 1.14. The lowest BCUT2D eigenvalue weighted by molar-refractivity contribution is 0.407. The summed E-state index contributed by atoms with van der Waals surface area (Å²) in [7, 11) is 1.48. The molecule has 0 aliphatic heterocycles. The van der Waals surface area contributed by atoms with Crippen LogP contribution in [0.5, 0.6) is 5.75 Å². The van der Waals surface area contributed by atoms with Crippen LogP contribution in [-0.4, -0.2) is 7.11 Å². The number of benzene rings is 1. The Morgan fingerprint density at radius 2 is 2.40 bits per heavy atom. The highest BCUT2D eigenvalue weighted by molar-refractivity contribution is 5.35. The van der Waals surface area contributed by atoms with Crippen LogP contribution in [0.15, 0.2) is 35.6 Å². The first kappa shape index (κ1) is 11.1. The zero-order valence-corrected chi connectivity index (χ0v) is 8.22. The number of nitrogens with zero attached hydrogens (tertiary/aromatic N) is 3. The van der Waals surface area contributed by atoms with E-state index in [-0.39, 0.29) is 5.82 Å². The first-order valence-corrected chi connectivity index (χ1v) is 4.29. The summed E-state index contributed by atoms with van der Waals surface area (Å²) in [4.78, 5) is 2.57. The Balaban J connectivity index is 2.80. The molecule has 4 nitrogen and oxygen atoms in total. The van der Waals surface area contributed by atoms with E-state index in [4.69, 9.17) is 10.3 Å². The van der Waals surface area contributed by atoms with Gasteiger partial charge in [0.1, 0.15) is 11.6 Å². The van der Waals surface area contributed by atoms with Crippen LogP contribution in [0.4, 0.5) is 4.39 Å². The Kier molecular flexibility index (Phi) is 4.19. The third-order valence-corrected chi connectivity index (χ3v) is 1.81. The number of hydrogen-bond acceptors (Lipinski definition) is 2. The van der Waals surface area contributed by atoms with E-state index < -0.39 is 0 Å². The summed E-state index contributed by atoms with van der Waals surface area (Å²) in [5.74, 6) is 0.148. The Morgan fingerprint density at radius 1 is 1.60 bits per heavy atom. The molecule has 5 heteroatoms. The van der Waals surface area contributed by atoms with Crippen molar-refractivity contribution in [1.82, 2.24) is 0 Å². The molecule has 0 heterocycles. The van der Waals surface area contributed by atoms with Crippen LogP contribution < -0.4 is 4.74 Å². The van der Waals surface area contributed by atoms with Crippen LogP contribution in [-0.2, 0) is 6.42 Å². The summed E-state index contributed by atoms with van der Waals surface area (Å²) >= 11 is 0. The number of rotatable bonds is 4. The van der Waals surface area contributed by atoms with E-state index in [1.54, 1.807) is 12.1 Å². The van der Waals surface area contributed by atoms with Crippen molar-refractivity contribution >= 4 is 0 Å². The molecule has 0 saturated carbocycles. The normalized spacial score (nSPS) is 10.0. The lowest BCUT2D eigenvalue weighted by Gasteiger charge is -2.05. The van der Waals surface area contributed by atoms with Gasteiger partial charge < -0.3 is 4.74 Å². The van der Waals surface area contributed by atoms with Crippen molar-refractivity contribution in [2.75, 3.05) is 7.11 Å². The molecule has 0 bridgehead atoms. The maximum atomic E-state index is 12.8. The third kappa shape index (κ3) is 3.32. The maximum Gasteiger partial charge on any atom is 0.126 e. The van der Waals surface area contributed by atoms with Crippen molar-refractivity contribution in [3.8, 4) is 5.75 Å². The van der Waals surface area contributed by atoms with Crippen LogP contribution in [0.3, 0.4) is 0 Å². The SMILES string of the molecule is COc1cc(F)ccc1C/C=C/N=[N+]=[N-]. The highest BCUT2D eigenvalue weighted by Gasteiger charge is 2.01. The van der Waals surface area contributed by atoms with Gasteiger partial charge >= 0.3 is 0 Å². The van der Waals surface area contributed by atoms with Gasteiger partial charge in [0, 0.05) is 11.0 Å². The van der Waals surface area contributed by atoms with Gasteiger partial charge in [-0.1, -0.05) is 17.3 Å². The molecule has 15 heavy (non-hydrogen) atoms. The molecule has 1 rings (SSSR count). The van der Waals surface area contributed by atoms with Gasteiger partial charge in [-0.3, -0.25) is 0 Å². The van der Waals surface area contributed by atoms with Gasteiger partial charge in [-0.05, 0) is 29.8 Å². The molecule has 0 saturated heterocycles. The molecule has 1 aromatic rings. The Labute approximate surface area is 86.6 Å². The first-order valence-electron chi connectivity index (χ1n) is 4.29. The minimum absolute atomic E-state index is 0.338. The molecule has 1 aromatic carbocycles. The summed E-state index contributed by atoms with van der Waals surface area (Å²) < 4.78 is 17.8. The van der Waals surface area contributed by atoms with E-state index in [2.05, 4.69) is 10.0 Å². The second-order valence-electron chi connectivity index (χ2n) is 2.75. The molecule has 0 aromatic heterocycles. The molecule has 0 spiro atoms. The fourth-order valence-electron chi connectivity index (χ4n) is 1.14. The predicted molar refractivity (Wildman–Crippen MR) is 54.9 cm³/mol. The summed E-state index contributed by atoms with van der Waals surface area (Å²) in [5, 5.41) is 3.25. The second kappa shape index (κ2) is 5.67. The minimum Gasteiger partial charge on any atom is -0.496 e. The fraction of sp³-hybridized carbons (Fsp3) is 0.200. The summed E-state index contributed by atoms with van der Waals surface area (Å²) in [6, 6.07) is 4.31. The van der Waals surface area contributed by atoms with Gasteiger partial charge in [-0.25, -0.2) is 4.39 Å². The van der Waals surface area contributed by atoms with Gasteiger partial charge in [-0.2, -0.15) is 0 Å². The molecule has 0 unspecified atom stereocenters. The molecule has 78 valence electrons. The number of allylic oxidation sites excluding steroid dienone is 1. The van der Waals surface area contributed by atoms with Crippen LogP contribution in [0.25, 0.3) is 10.4 Å². The molecular formula is C10H10FN3O. The lowest BCUT2D eigenvalue weighted by atomic mass is 10.1. The number of hydrogen-bond donors (Lipinski definition) is 0. The zero-order valence-electron chi connectivity index (χ0n) is 8.22. The average Bonchev–Trinajstić information content (AvgIpc) is 2.26. The van der Waals surface area contributed by atoms with E-state index in [0.717, 1.165) is 5.56 Å². The number of halogens is 1. The van der Waals surface area contributed by atoms with Crippen molar-refractivity contribution in [2.24, 2.45) is 5.11 Å². The van der Waals surface area contributed by atoms with Crippen LogP contribution >= 0.6 is 0 Å². The van der Waals surface area contributed by atoms with Crippen molar-refractivity contribution in [3.63, 3.8) is 0 Å². The molecule has 0 atom stereocenters. The van der Waals surface area contributed by atoms with Crippen LogP contribution in [0.1, 0.15) is 5.56 Å². The molecular weight excluding hydrogens is 197 g/mol. The maximum absolute atomic E-state index is 12.8. The quantitative estimate of drug-likeness (QED) is 0.425. The molecule has 0 amide bonds. The minimum atomic E-state index is -0.338. The summed E-state index contributed by atoms with van der Waals surface area (Å²) in [6.45, 7) is 0. The number of azide groups is 1. The summed E-state index contributed by atoms with van der Waals surface area (Å²) in [5.41, 5.74) is 8.87. The van der Waals surface area contributed by atoms with Crippen LogP contribution in [0, 0.1) is 5.82 Å². The third-order valence-electron chi connectivity index (χ3n) is 1.81. The first-order chi connectivity index (χ1) is 7.27. The number of methoxy groups -OCH3 is 1. The zero-order chi connectivity index (χ0) is 11.1. The predicted octanol–water partition coefficient (Wildman–Crippen LogP) is 3.20. The topological polar surface area (TPSA) is 58.0 Å². The van der Waals surface area contributed by atoms with Crippen molar-refractivity contribution in [1.29, 1.82) is 0 Å². The van der Waals surface area contributed by atoms with Crippen molar-refractivity contribution < 1.29 is 9.13 Å². The molecule has 0 N–H and O–H groups in total. The van der Waals surface area contributed by atoms with Crippen molar-refractivity contribution in [3.05, 3.63) is 52.3 Å². The van der Waals surface area contributed by atoms with Gasteiger partial charge in [0.05, 0.1) is 7.11 Å². The molecule has 0 aliphatic rings. The van der Waals surface area contributed by atoms with E-state index in [1.165, 1.54) is 25.4 Å². The summed E-state index contributed by atoms with van der Waals surface area (Å²) in [6.07, 6.45) is 3.56. The Morgan fingerprint density at radius 3 is 3.07 bits per heavy atom. The Hall–Kier alpha value is -2.00. The smallest absolute Gasteiger partial charge is 0.126 e. The van der Waals surface area contributed by atoms with E-state index >= 15 is 0 Å². The van der Waals surface area contributed by atoms with E-state index in [0.29, 0.717) is 12.2 Å². The highest BCUT2D eigenvalue weighted by Crippen LogP contribution is 2.20. The monoisotopic (exact) mass is 207 g/mol. The van der Waals surface area contributed by atoms with Gasteiger partial charge in [0.25, 0.3) is 0 Å². The highest BCUT2D eigenvalue weighted by atomic mass is 19.1. The van der Waals surface area contributed by atoms with Gasteiger partial charge in [0.2, 0.25) is 0 Å². The second-order valence-corrected chi connectivity index (χ2v) is 2.75. The molecule has 0 radical (unpaired) electrons. The van der Waals surface area contributed by atoms with Crippen LogP contribution in [0.2, 0.25) is 0 Å². The molecule has 0 fully saturated rings. The molecule has 0 aliphatic carbocycles. The van der Waals surface area contributed by atoms with Gasteiger partial charge in [0.15, 0.2) is 0 Å². The standard InChI is InChI=1S/C10H10FN3O/c1-15-10-7-9(11)5-4-8(10)3-2-6-13-14-12/h2,4-7H,3H2,1H3/b6-2+. The van der Waals surface area contributed by atoms with E-state index in [9.17, 15) is 4.39 Å². The average molecular weight is 207 g/mol. The lowest BCUT2D eigenvalue weighted by Crippen LogP contribution is -1.91.